The van der Waals surface area contributed by atoms with Gasteiger partial charge in [0.2, 0.25) is 0 Å². The smallest absolute Gasteiger partial charge is 0.129 e. The van der Waals surface area contributed by atoms with Gasteiger partial charge >= 0.3 is 0 Å². The number of nitrogens with zero attached hydrogens (tertiary/aromatic N) is 2. The highest BCUT2D eigenvalue weighted by atomic mass is 79.9. The van der Waals surface area contributed by atoms with E-state index < -0.39 is 0 Å². The van der Waals surface area contributed by atoms with Crippen molar-refractivity contribution in [2.75, 3.05) is 0 Å². The van der Waals surface area contributed by atoms with Gasteiger partial charge in [0.15, 0.2) is 0 Å². The van der Waals surface area contributed by atoms with Gasteiger partial charge in [-0.25, -0.2) is 4.39 Å². The Morgan fingerprint density at radius 1 is 1.44 bits per heavy atom. The van der Waals surface area contributed by atoms with Crippen molar-refractivity contribution in [1.82, 2.24) is 9.78 Å². The molecule has 2 rings (SSSR count). The van der Waals surface area contributed by atoms with E-state index >= 15 is 0 Å². The molecule has 0 saturated carbocycles. The maximum absolute atomic E-state index is 13.5. The second-order valence-corrected chi connectivity index (χ2v) is 4.60. The van der Waals surface area contributed by atoms with E-state index in [1.165, 1.54) is 6.07 Å². The molecule has 2 aromatic rings. The predicted octanol–water partition coefficient (Wildman–Crippen LogP) is 3.57. The van der Waals surface area contributed by atoms with Crippen molar-refractivity contribution < 1.29 is 4.39 Å². The highest BCUT2D eigenvalue weighted by Crippen LogP contribution is 2.16. The first kappa shape index (κ1) is 11.6. The highest BCUT2D eigenvalue weighted by Gasteiger charge is 2.04. The summed E-state index contributed by atoms with van der Waals surface area (Å²) in [5, 5.41) is 4.10. The number of benzene rings is 1. The summed E-state index contributed by atoms with van der Waals surface area (Å²) in [7, 11) is 0. The maximum Gasteiger partial charge on any atom is 0.129 e. The Kier molecular flexibility index (Phi) is 3.61. The third-order valence-corrected chi connectivity index (χ3v) is 2.99. The van der Waals surface area contributed by atoms with E-state index in [1.807, 2.05) is 12.3 Å². The van der Waals surface area contributed by atoms with Crippen molar-refractivity contribution in [3.05, 3.63) is 52.0 Å². The number of hydrogen-bond donors (Lipinski definition) is 0. The SMILES string of the molecule is Fc1cc(Br)ccc1Cn1cc(CCl)cn1. The second-order valence-electron chi connectivity index (χ2n) is 3.42. The third-order valence-electron chi connectivity index (χ3n) is 2.19. The quantitative estimate of drug-likeness (QED) is 0.793. The van der Waals surface area contributed by atoms with Crippen molar-refractivity contribution in [2.45, 2.75) is 12.4 Å². The maximum atomic E-state index is 13.5. The summed E-state index contributed by atoms with van der Waals surface area (Å²) in [6.45, 7) is 0.413. The minimum absolute atomic E-state index is 0.239. The predicted molar refractivity (Wildman–Crippen MR) is 65.0 cm³/mol. The molecule has 0 fully saturated rings. The molecule has 0 spiro atoms. The van der Waals surface area contributed by atoms with Crippen LogP contribution in [0, 0.1) is 5.82 Å². The van der Waals surface area contributed by atoms with Gasteiger partial charge in [-0.2, -0.15) is 5.10 Å². The van der Waals surface area contributed by atoms with Gasteiger partial charge in [0.25, 0.3) is 0 Å². The van der Waals surface area contributed by atoms with Crippen molar-refractivity contribution in [1.29, 1.82) is 0 Å². The summed E-state index contributed by atoms with van der Waals surface area (Å²) in [5.74, 6) is 0.181. The van der Waals surface area contributed by atoms with Gasteiger partial charge in [0.1, 0.15) is 5.82 Å². The van der Waals surface area contributed by atoms with Crippen molar-refractivity contribution >= 4 is 27.5 Å². The van der Waals surface area contributed by atoms with Gasteiger partial charge in [0.05, 0.1) is 18.6 Å². The number of alkyl halides is 1. The third kappa shape index (κ3) is 2.62. The van der Waals surface area contributed by atoms with Crippen LogP contribution in [0.4, 0.5) is 4.39 Å². The lowest BCUT2D eigenvalue weighted by atomic mass is 10.2. The Morgan fingerprint density at radius 3 is 2.88 bits per heavy atom. The van der Waals surface area contributed by atoms with Gasteiger partial charge in [0, 0.05) is 21.8 Å². The molecule has 0 aliphatic carbocycles. The van der Waals surface area contributed by atoms with Crippen LogP contribution in [0.3, 0.4) is 0 Å². The molecule has 0 aliphatic rings. The topological polar surface area (TPSA) is 17.8 Å². The first-order valence-electron chi connectivity index (χ1n) is 4.70. The summed E-state index contributed by atoms with van der Waals surface area (Å²) < 4.78 is 15.9. The molecular weight excluding hydrogens is 294 g/mol. The van der Waals surface area contributed by atoms with Crippen LogP contribution in [0.5, 0.6) is 0 Å². The fraction of sp³-hybridized carbons (Fsp3) is 0.182. The Balaban J connectivity index is 2.20. The Morgan fingerprint density at radius 2 is 2.25 bits per heavy atom. The normalized spacial score (nSPS) is 10.7. The summed E-state index contributed by atoms with van der Waals surface area (Å²) in [6, 6.07) is 4.99. The molecule has 0 amide bonds. The molecule has 0 radical (unpaired) electrons. The van der Waals surface area contributed by atoms with Crippen LogP contribution in [0.25, 0.3) is 0 Å². The van der Waals surface area contributed by atoms with E-state index in [1.54, 1.807) is 16.9 Å². The molecule has 0 saturated heterocycles. The molecule has 5 heteroatoms. The fourth-order valence-electron chi connectivity index (χ4n) is 1.39. The first-order chi connectivity index (χ1) is 7.69. The van der Waals surface area contributed by atoms with E-state index in [2.05, 4.69) is 21.0 Å². The zero-order chi connectivity index (χ0) is 11.5. The zero-order valence-corrected chi connectivity index (χ0v) is 10.7. The van der Waals surface area contributed by atoms with E-state index in [0.29, 0.717) is 18.0 Å². The van der Waals surface area contributed by atoms with E-state index in [9.17, 15) is 4.39 Å². The van der Waals surface area contributed by atoms with Crippen LogP contribution in [0.15, 0.2) is 35.1 Å². The molecule has 1 aromatic carbocycles. The summed E-state index contributed by atoms with van der Waals surface area (Å²) in [5.41, 5.74) is 1.53. The molecule has 0 N–H and O–H groups in total. The lowest BCUT2D eigenvalue weighted by Gasteiger charge is -2.03. The lowest BCUT2D eigenvalue weighted by molar-refractivity contribution is 0.584. The zero-order valence-electron chi connectivity index (χ0n) is 8.33. The van der Waals surface area contributed by atoms with E-state index in [-0.39, 0.29) is 5.82 Å². The van der Waals surface area contributed by atoms with Crippen LogP contribution in [-0.2, 0) is 12.4 Å². The van der Waals surface area contributed by atoms with E-state index in [0.717, 1.165) is 10.0 Å². The Bertz CT molecular complexity index is 498. The number of aromatic nitrogens is 2. The molecular formula is C11H9BrClFN2. The van der Waals surface area contributed by atoms with Gasteiger partial charge in [-0.3, -0.25) is 4.68 Å². The molecule has 84 valence electrons. The molecule has 16 heavy (non-hydrogen) atoms. The average molecular weight is 304 g/mol. The monoisotopic (exact) mass is 302 g/mol. The molecule has 0 bridgehead atoms. The summed E-state index contributed by atoms with van der Waals surface area (Å²) in [6.07, 6.45) is 3.50. The van der Waals surface area contributed by atoms with Crippen molar-refractivity contribution in [2.24, 2.45) is 0 Å². The fourth-order valence-corrected chi connectivity index (χ4v) is 1.86. The summed E-state index contributed by atoms with van der Waals surface area (Å²) in [4.78, 5) is 0. The average Bonchev–Trinajstić information content (AvgIpc) is 2.70. The van der Waals surface area contributed by atoms with Gasteiger partial charge in [-0.15, -0.1) is 11.6 Å². The van der Waals surface area contributed by atoms with Crippen molar-refractivity contribution in [3.63, 3.8) is 0 Å². The largest absolute Gasteiger partial charge is 0.268 e. The van der Waals surface area contributed by atoms with Crippen LogP contribution >= 0.6 is 27.5 Å². The molecule has 0 atom stereocenters. The standard InChI is InChI=1S/C11H9BrClFN2/c12-10-2-1-9(11(14)3-10)7-16-6-8(4-13)5-15-16/h1-3,5-6H,4,7H2. The van der Waals surface area contributed by atoms with Gasteiger partial charge < -0.3 is 0 Å². The van der Waals surface area contributed by atoms with Crippen molar-refractivity contribution in [3.8, 4) is 0 Å². The van der Waals surface area contributed by atoms with Gasteiger partial charge in [-0.05, 0) is 12.1 Å². The van der Waals surface area contributed by atoms with Crippen LogP contribution in [-0.4, -0.2) is 9.78 Å². The van der Waals surface area contributed by atoms with Crippen LogP contribution < -0.4 is 0 Å². The molecule has 2 nitrogen and oxygen atoms in total. The summed E-state index contributed by atoms with van der Waals surface area (Å²) >= 11 is 8.88. The van der Waals surface area contributed by atoms with Crippen LogP contribution in [0.1, 0.15) is 11.1 Å². The molecule has 0 aliphatic heterocycles. The Labute approximate surface area is 106 Å². The van der Waals surface area contributed by atoms with E-state index in [4.69, 9.17) is 11.6 Å². The lowest BCUT2D eigenvalue weighted by Crippen LogP contribution is -2.02. The molecule has 1 aromatic heterocycles. The van der Waals surface area contributed by atoms with Crippen LogP contribution in [0.2, 0.25) is 0 Å². The highest BCUT2D eigenvalue weighted by molar-refractivity contribution is 9.10. The minimum atomic E-state index is -0.239. The number of rotatable bonds is 3. The Hall–Kier alpha value is -0.870. The minimum Gasteiger partial charge on any atom is -0.268 e. The second kappa shape index (κ2) is 4.97. The first-order valence-corrected chi connectivity index (χ1v) is 6.03. The molecule has 0 unspecified atom stereocenters. The number of halogens is 3. The van der Waals surface area contributed by atoms with Gasteiger partial charge in [-0.1, -0.05) is 22.0 Å². The molecule has 1 heterocycles. The number of hydrogen-bond acceptors (Lipinski definition) is 1.